The summed E-state index contributed by atoms with van der Waals surface area (Å²) in [6.07, 6.45) is 1.35. The van der Waals surface area contributed by atoms with E-state index in [1.54, 1.807) is 0 Å². The van der Waals surface area contributed by atoms with E-state index >= 15 is 0 Å². The van der Waals surface area contributed by atoms with E-state index in [0.717, 1.165) is 0 Å². The van der Waals surface area contributed by atoms with Crippen LogP contribution in [0.25, 0.3) is 0 Å². The van der Waals surface area contributed by atoms with Crippen molar-refractivity contribution in [1.82, 2.24) is 15.5 Å². The molecule has 1 fully saturated rings. The maximum atomic E-state index is 12.4. The maximum absolute atomic E-state index is 12.4. The third-order valence-electron chi connectivity index (χ3n) is 3.62. The van der Waals surface area contributed by atoms with E-state index in [4.69, 9.17) is 22.9 Å². The highest BCUT2D eigenvalue weighted by Crippen LogP contribution is 2.13. The number of amides is 4. The molecule has 1 rings (SSSR count). The minimum absolute atomic E-state index is 0.000737. The SMILES string of the molecule is CN1C(=O)CC(CCCN=C(N)N)NC(=O)C1CN=C(N)NC(N)=O. The number of carbonyl (C=O) groups is 3. The fourth-order valence-corrected chi connectivity index (χ4v) is 2.33. The standard InChI is InChI=1S/C13H25N9O3/c1-22-8(6-19-12(16)21-13(17)25)10(24)20-7(5-9(22)23)3-2-4-18-11(14)15/h7-8H,2-6H2,1H3,(H,20,24)(H4,14,15,18)(H5,16,17,19,21,25). The summed E-state index contributed by atoms with van der Waals surface area (Å²) >= 11 is 0. The van der Waals surface area contributed by atoms with Gasteiger partial charge in [0.1, 0.15) is 6.04 Å². The highest BCUT2D eigenvalue weighted by molar-refractivity contribution is 5.95. The molecular weight excluding hydrogens is 330 g/mol. The van der Waals surface area contributed by atoms with E-state index in [1.807, 2.05) is 0 Å². The molecule has 140 valence electrons. The average molecular weight is 355 g/mol. The fraction of sp³-hybridized carbons (Fsp3) is 0.615. The molecule has 12 heteroatoms. The van der Waals surface area contributed by atoms with Gasteiger partial charge in [0.2, 0.25) is 11.8 Å². The summed E-state index contributed by atoms with van der Waals surface area (Å²) in [6.45, 7) is 0.322. The van der Waals surface area contributed by atoms with Crippen molar-refractivity contribution in [3.8, 4) is 0 Å². The molecule has 1 aliphatic heterocycles. The number of likely N-dealkylation sites (N-methyl/N-ethyl adjacent to an activating group) is 1. The van der Waals surface area contributed by atoms with Crippen molar-refractivity contribution in [3.05, 3.63) is 0 Å². The number of nitrogens with two attached hydrogens (primary N) is 4. The van der Waals surface area contributed by atoms with Crippen molar-refractivity contribution in [3.63, 3.8) is 0 Å². The van der Waals surface area contributed by atoms with Gasteiger partial charge in [-0.15, -0.1) is 0 Å². The second-order valence-corrected chi connectivity index (χ2v) is 5.59. The molecule has 12 nitrogen and oxygen atoms in total. The topological polar surface area (TPSA) is 207 Å². The molecule has 2 atom stereocenters. The van der Waals surface area contributed by atoms with Crippen molar-refractivity contribution in [2.75, 3.05) is 20.1 Å². The molecule has 0 aliphatic carbocycles. The summed E-state index contributed by atoms with van der Waals surface area (Å²) in [5.74, 6) is -0.775. The lowest BCUT2D eigenvalue weighted by molar-refractivity contribution is -0.135. The maximum Gasteiger partial charge on any atom is 0.318 e. The lowest BCUT2D eigenvalue weighted by atomic mass is 10.1. The second kappa shape index (κ2) is 9.30. The van der Waals surface area contributed by atoms with Crippen molar-refractivity contribution >= 4 is 29.8 Å². The Morgan fingerprint density at radius 1 is 1.28 bits per heavy atom. The molecule has 1 saturated heterocycles. The lowest BCUT2D eigenvalue weighted by Gasteiger charge is -2.22. The Hall–Kier alpha value is -3.05. The van der Waals surface area contributed by atoms with Gasteiger partial charge in [-0.05, 0) is 12.8 Å². The molecule has 10 N–H and O–H groups in total. The van der Waals surface area contributed by atoms with E-state index in [2.05, 4.69) is 20.6 Å². The monoisotopic (exact) mass is 355 g/mol. The van der Waals surface area contributed by atoms with E-state index in [0.29, 0.717) is 19.4 Å². The number of nitrogens with zero attached hydrogens (tertiary/aromatic N) is 3. The van der Waals surface area contributed by atoms with Crippen LogP contribution in [0, 0.1) is 0 Å². The number of hydrogen-bond donors (Lipinski definition) is 6. The van der Waals surface area contributed by atoms with Crippen LogP contribution >= 0.6 is 0 Å². The Balaban J connectivity index is 2.68. The quantitative estimate of drug-likeness (QED) is 0.163. The number of guanidine groups is 2. The van der Waals surface area contributed by atoms with Gasteiger partial charge in [-0.25, -0.2) is 4.79 Å². The molecule has 1 aliphatic rings. The van der Waals surface area contributed by atoms with Gasteiger partial charge in [0, 0.05) is 26.1 Å². The Kier molecular flexibility index (Phi) is 7.43. The van der Waals surface area contributed by atoms with Gasteiger partial charge >= 0.3 is 6.03 Å². The molecule has 0 aromatic carbocycles. The highest BCUT2D eigenvalue weighted by Gasteiger charge is 2.33. The van der Waals surface area contributed by atoms with Gasteiger partial charge in [0.15, 0.2) is 11.9 Å². The van der Waals surface area contributed by atoms with Crippen LogP contribution in [0.1, 0.15) is 19.3 Å². The fourth-order valence-electron chi connectivity index (χ4n) is 2.33. The number of hydrogen-bond acceptors (Lipinski definition) is 5. The Labute approximate surface area is 145 Å². The molecule has 25 heavy (non-hydrogen) atoms. The summed E-state index contributed by atoms with van der Waals surface area (Å²) in [7, 11) is 1.52. The van der Waals surface area contributed by atoms with Crippen molar-refractivity contribution in [2.45, 2.75) is 31.3 Å². The van der Waals surface area contributed by atoms with Crippen molar-refractivity contribution < 1.29 is 14.4 Å². The van der Waals surface area contributed by atoms with E-state index in [-0.39, 0.29) is 42.7 Å². The van der Waals surface area contributed by atoms with Crippen LogP contribution in [0.2, 0.25) is 0 Å². The molecule has 0 aromatic rings. The van der Waals surface area contributed by atoms with Crippen molar-refractivity contribution in [1.29, 1.82) is 0 Å². The van der Waals surface area contributed by atoms with Gasteiger partial charge in [-0.1, -0.05) is 0 Å². The zero-order valence-electron chi connectivity index (χ0n) is 14.1. The number of rotatable bonds is 6. The Morgan fingerprint density at radius 2 is 1.96 bits per heavy atom. The van der Waals surface area contributed by atoms with Gasteiger partial charge in [0.05, 0.1) is 6.54 Å². The van der Waals surface area contributed by atoms with E-state index in [1.165, 1.54) is 11.9 Å². The van der Waals surface area contributed by atoms with Gasteiger partial charge in [-0.3, -0.25) is 24.9 Å². The average Bonchev–Trinajstić information content (AvgIpc) is 2.59. The van der Waals surface area contributed by atoms with Crippen LogP contribution < -0.4 is 33.6 Å². The molecule has 4 amide bonds. The molecule has 1 heterocycles. The van der Waals surface area contributed by atoms with Gasteiger partial charge in [-0.2, -0.15) is 0 Å². The first-order valence-corrected chi connectivity index (χ1v) is 7.68. The van der Waals surface area contributed by atoms with E-state index < -0.39 is 12.1 Å². The number of primary amides is 1. The first-order chi connectivity index (χ1) is 11.7. The smallest absolute Gasteiger partial charge is 0.318 e. The zero-order valence-corrected chi connectivity index (χ0v) is 14.1. The molecule has 0 aromatic heterocycles. The minimum atomic E-state index is -0.864. The molecule has 0 radical (unpaired) electrons. The number of urea groups is 1. The third-order valence-corrected chi connectivity index (χ3v) is 3.62. The summed E-state index contributed by atoms with van der Waals surface area (Å²) in [5.41, 5.74) is 20.9. The van der Waals surface area contributed by atoms with Crippen LogP contribution in [0.4, 0.5) is 4.79 Å². The first-order valence-electron chi connectivity index (χ1n) is 7.68. The van der Waals surface area contributed by atoms with Gasteiger partial charge < -0.3 is 33.2 Å². The summed E-state index contributed by atoms with van der Waals surface area (Å²) in [5, 5.41) is 4.90. The zero-order chi connectivity index (χ0) is 19.0. The molecule has 0 bridgehead atoms. The summed E-state index contributed by atoms with van der Waals surface area (Å²) in [6, 6.07) is -2.01. The van der Waals surface area contributed by atoms with Crippen molar-refractivity contribution in [2.24, 2.45) is 32.9 Å². The summed E-state index contributed by atoms with van der Waals surface area (Å²) in [4.78, 5) is 44.3. The molecule has 0 saturated carbocycles. The Morgan fingerprint density at radius 3 is 2.56 bits per heavy atom. The normalized spacial score (nSPS) is 21.3. The number of nitrogens with one attached hydrogen (secondary N) is 2. The van der Waals surface area contributed by atoms with Crippen LogP contribution in [-0.4, -0.2) is 66.9 Å². The lowest BCUT2D eigenvalue weighted by Crippen LogP contribution is -2.48. The van der Waals surface area contributed by atoms with Gasteiger partial charge in [0.25, 0.3) is 0 Å². The Bertz CT molecular complexity index is 571. The van der Waals surface area contributed by atoms with Crippen LogP contribution in [0.3, 0.4) is 0 Å². The molecular formula is C13H25N9O3. The van der Waals surface area contributed by atoms with Crippen LogP contribution in [-0.2, 0) is 9.59 Å². The van der Waals surface area contributed by atoms with Crippen LogP contribution in [0.5, 0.6) is 0 Å². The predicted molar refractivity (Wildman–Crippen MR) is 92.2 cm³/mol. The first kappa shape index (κ1) is 20.0. The number of carbonyl (C=O) groups excluding carboxylic acids is 3. The summed E-state index contributed by atoms with van der Waals surface area (Å²) < 4.78 is 0. The minimum Gasteiger partial charge on any atom is -0.370 e. The third kappa shape index (κ3) is 6.93. The molecule has 0 spiro atoms. The number of aliphatic imine (C=N–C) groups is 2. The molecule has 2 unspecified atom stereocenters. The van der Waals surface area contributed by atoms with Crippen LogP contribution in [0.15, 0.2) is 9.98 Å². The second-order valence-electron chi connectivity index (χ2n) is 5.59. The van der Waals surface area contributed by atoms with E-state index in [9.17, 15) is 14.4 Å². The largest absolute Gasteiger partial charge is 0.370 e. The predicted octanol–water partition coefficient (Wildman–Crippen LogP) is -3.26. The highest BCUT2D eigenvalue weighted by atomic mass is 16.2.